The maximum Gasteiger partial charge on any atom is 0.442 e. The van der Waals surface area contributed by atoms with Gasteiger partial charge in [-0.1, -0.05) is 24.3 Å². The maximum absolute atomic E-state index is 14.2. The number of hydrogen-bond acceptors (Lipinski definition) is 15. The van der Waals surface area contributed by atoms with E-state index in [2.05, 4.69) is 10.3 Å². The van der Waals surface area contributed by atoms with E-state index < -0.39 is 71.8 Å². The summed E-state index contributed by atoms with van der Waals surface area (Å²) in [4.78, 5) is 45.8. The van der Waals surface area contributed by atoms with Crippen LogP contribution in [0.5, 0.6) is 11.5 Å². The first-order valence-corrected chi connectivity index (χ1v) is 20.4. The first-order valence-electron chi connectivity index (χ1n) is 17.6. The van der Waals surface area contributed by atoms with Crippen molar-refractivity contribution in [2.24, 2.45) is 0 Å². The predicted molar refractivity (Wildman–Crippen MR) is 205 cm³/mol. The number of guanidine groups is 1. The number of hydrogen-bond donors (Lipinski definition) is 2. The second kappa shape index (κ2) is 19.7. The Kier molecular flexibility index (Phi) is 15.9. The number of aromatic nitrogens is 1. The molecule has 1 aromatic heterocycles. The van der Waals surface area contributed by atoms with Crippen molar-refractivity contribution in [3.8, 4) is 11.5 Å². The van der Waals surface area contributed by atoms with Crippen LogP contribution in [-0.4, -0.2) is 92.9 Å². The molecular formula is C37H49N5O13S2. The molecule has 1 heterocycles. The number of pyridine rings is 1. The van der Waals surface area contributed by atoms with Gasteiger partial charge in [0.1, 0.15) is 39.0 Å². The number of nitrogens with zero attached hydrogens (tertiary/aromatic N) is 3. The van der Waals surface area contributed by atoms with Crippen LogP contribution in [0.1, 0.15) is 66.1 Å². The van der Waals surface area contributed by atoms with Gasteiger partial charge >= 0.3 is 28.3 Å². The summed E-state index contributed by atoms with van der Waals surface area (Å²) in [6.45, 7) is 11.4. The first-order chi connectivity index (χ1) is 26.5. The van der Waals surface area contributed by atoms with Gasteiger partial charge in [0.2, 0.25) is 16.0 Å². The van der Waals surface area contributed by atoms with Gasteiger partial charge < -0.3 is 23.1 Å². The fraction of sp³-hybridized carbons (Fsp3) is 0.432. The third-order valence-electron chi connectivity index (χ3n) is 6.89. The zero-order valence-corrected chi connectivity index (χ0v) is 34.7. The number of amides is 2. The lowest BCUT2D eigenvalue weighted by Gasteiger charge is -2.27. The lowest BCUT2D eigenvalue weighted by Crippen LogP contribution is -2.49. The number of hydroxylamine groups is 2. The molecule has 0 radical (unpaired) electrons. The predicted octanol–water partition coefficient (Wildman–Crippen LogP) is 5.31. The number of rotatable bonds is 16. The molecule has 2 N–H and O–H groups in total. The molecule has 18 nitrogen and oxygen atoms in total. The molecule has 0 aliphatic rings. The summed E-state index contributed by atoms with van der Waals surface area (Å²) >= 11 is 0. The summed E-state index contributed by atoms with van der Waals surface area (Å²) < 4.78 is 83.3. The van der Waals surface area contributed by atoms with Gasteiger partial charge in [-0.2, -0.15) is 12.7 Å². The van der Waals surface area contributed by atoms with Crippen LogP contribution in [0.25, 0.3) is 0 Å². The Morgan fingerprint density at radius 2 is 1.53 bits per heavy atom. The molecule has 0 spiro atoms. The van der Waals surface area contributed by atoms with Gasteiger partial charge in [-0.15, -0.1) is 5.06 Å². The normalized spacial score (nSPS) is 12.0. The lowest BCUT2D eigenvalue weighted by molar-refractivity contribution is -0.143. The summed E-state index contributed by atoms with van der Waals surface area (Å²) in [6, 6.07) is 14.3. The minimum absolute atomic E-state index is 0.00191. The van der Waals surface area contributed by atoms with Crippen LogP contribution in [0.2, 0.25) is 0 Å². The van der Waals surface area contributed by atoms with E-state index in [9.17, 15) is 31.2 Å². The van der Waals surface area contributed by atoms with E-state index in [1.807, 2.05) is 0 Å². The fourth-order valence-electron chi connectivity index (χ4n) is 4.69. The Morgan fingerprint density at radius 3 is 2.16 bits per heavy atom. The van der Waals surface area contributed by atoms with Crippen molar-refractivity contribution in [1.29, 1.82) is 5.41 Å². The van der Waals surface area contributed by atoms with Gasteiger partial charge in [-0.25, -0.2) is 18.0 Å². The third-order valence-corrected chi connectivity index (χ3v) is 10.3. The monoisotopic (exact) mass is 835 g/mol. The zero-order chi connectivity index (χ0) is 42.6. The smallest absolute Gasteiger partial charge is 0.442 e. The fourth-order valence-corrected chi connectivity index (χ4v) is 8.02. The maximum atomic E-state index is 14.2. The SMILES string of the molecule is CCOC(=O)CN(Cc1ccccn1)S(=O)(=O)c1c(C)cccc1S(=O)(=O)Oc1cccc(OCCCON(C(=N)NC(=O)OC(C)(C)C)C(=O)OC(C)(C)C)c1. The molecule has 0 saturated carbocycles. The second-order valence-corrected chi connectivity index (χ2v) is 17.5. The average Bonchev–Trinajstić information content (AvgIpc) is 3.08. The number of benzene rings is 2. The Labute approximate surface area is 333 Å². The standard InChI is InChI=1S/C37H49N5O13S2/c1-9-50-31(43)25-41(24-27-16-10-11-20-39-27)56(46,47)32-26(2)15-12-19-30(32)57(48,49)55-29-18-13-17-28(23-29)51-21-14-22-52-42(35(45)54-37(6,7)8)33(38)40-34(44)53-36(3,4)5/h10-13,15-20,23H,9,14,21-22,24-25H2,1-8H3,(H2,38,40,44). The van der Waals surface area contributed by atoms with E-state index in [0.717, 1.165) is 10.4 Å². The van der Waals surface area contributed by atoms with E-state index >= 15 is 0 Å². The van der Waals surface area contributed by atoms with Crippen LogP contribution in [0, 0.1) is 12.3 Å². The van der Waals surface area contributed by atoms with Crippen LogP contribution in [0.15, 0.2) is 76.7 Å². The number of ether oxygens (including phenoxy) is 4. The molecule has 3 aromatic rings. The first kappa shape index (κ1) is 46.1. The van der Waals surface area contributed by atoms with Crippen molar-refractivity contribution in [3.05, 3.63) is 78.1 Å². The van der Waals surface area contributed by atoms with Gasteiger partial charge in [0.25, 0.3) is 0 Å². The van der Waals surface area contributed by atoms with Crippen LogP contribution in [-0.2, 0) is 50.5 Å². The summed E-state index contributed by atoms with van der Waals surface area (Å²) in [5.74, 6) is -1.64. The molecule has 3 rings (SSSR count). The van der Waals surface area contributed by atoms with Gasteiger partial charge in [-0.3, -0.25) is 25.3 Å². The molecular weight excluding hydrogens is 787 g/mol. The summed E-state index contributed by atoms with van der Waals surface area (Å²) in [5, 5.41) is 10.8. The van der Waals surface area contributed by atoms with Crippen molar-refractivity contribution in [3.63, 3.8) is 0 Å². The highest BCUT2D eigenvalue weighted by Crippen LogP contribution is 2.31. The molecule has 0 bridgehead atoms. The molecule has 0 aliphatic heterocycles. The Bertz CT molecular complexity index is 2100. The van der Waals surface area contributed by atoms with E-state index in [0.29, 0.717) is 10.8 Å². The topological polar surface area (TPSA) is 230 Å². The Morgan fingerprint density at radius 1 is 0.860 bits per heavy atom. The van der Waals surface area contributed by atoms with Crippen molar-refractivity contribution in [2.75, 3.05) is 26.4 Å². The molecule has 0 fully saturated rings. The highest BCUT2D eigenvalue weighted by atomic mass is 32.2. The van der Waals surface area contributed by atoms with Crippen LogP contribution in [0.3, 0.4) is 0 Å². The van der Waals surface area contributed by atoms with E-state index in [4.69, 9.17) is 33.4 Å². The summed E-state index contributed by atoms with van der Waals surface area (Å²) in [5.41, 5.74) is -1.44. The zero-order valence-electron chi connectivity index (χ0n) is 33.1. The second-order valence-electron chi connectivity index (χ2n) is 14.1. The van der Waals surface area contributed by atoms with Crippen molar-refractivity contribution in [2.45, 2.75) is 89.3 Å². The molecule has 0 unspecified atom stereocenters. The van der Waals surface area contributed by atoms with Crippen molar-refractivity contribution < 1.29 is 59.2 Å². The molecule has 0 saturated heterocycles. The molecule has 2 amide bonds. The highest BCUT2D eigenvalue weighted by molar-refractivity contribution is 7.91. The summed E-state index contributed by atoms with van der Waals surface area (Å²) in [7, 11) is -9.51. The number of aryl methyl sites for hydroxylation is 1. The van der Waals surface area contributed by atoms with Gasteiger partial charge in [-0.05, 0) is 91.3 Å². The molecule has 0 atom stereocenters. The minimum Gasteiger partial charge on any atom is -0.493 e. The van der Waals surface area contributed by atoms with Crippen molar-refractivity contribution >= 4 is 44.3 Å². The van der Waals surface area contributed by atoms with E-state index in [1.165, 1.54) is 49.5 Å². The third kappa shape index (κ3) is 14.6. The number of alkyl carbamates (subject to hydrolysis) is 1. The molecule has 20 heteroatoms. The van der Waals surface area contributed by atoms with Gasteiger partial charge in [0.05, 0.1) is 32.1 Å². The lowest BCUT2D eigenvalue weighted by atomic mass is 10.2. The minimum atomic E-state index is -4.82. The number of sulfonamides is 1. The number of carbonyl (C=O) groups is 3. The highest BCUT2D eigenvalue weighted by Gasteiger charge is 2.36. The Balaban J connectivity index is 1.75. The number of nitrogens with one attached hydrogen (secondary N) is 2. The molecule has 312 valence electrons. The van der Waals surface area contributed by atoms with Gasteiger partial charge in [0, 0.05) is 18.7 Å². The van der Waals surface area contributed by atoms with Gasteiger partial charge in [0.15, 0.2) is 0 Å². The molecule has 0 aliphatic carbocycles. The largest absolute Gasteiger partial charge is 0.493 e. The average molecular weight is 836 g/mol. The number of esters is 1. The van der Waals surface area contributed by atoms with Crippen LogP contribution < -0.4 is 14.2 Å². The van der Waals surface area contributed by atoms with Crippen LogP contribution in [0.4, 0.5) is 9.59 Å². The van der Waals surface area contributed by atoms with Crippen LogP contribution >= 0.6 is 0 Å². The van der Waals surface area contributed by atoms with E-state index in [1.54, 1.807) is 66.7 Å². The van der Waals surface area contributed by atoms with Crippen molar-refractivity contribution in [1.82, 2.24) is 19.7 Å². The molecule has 2 aromatic carbocycles. The summed E-state index contributed by atoms with van der Waals surface area (Å²) in [6.07, 6.45) is -0.475. The number of carbonyl (C=O) groups excluding carboxylic acids is 3. The molecule has 57 heavy (non-hydrogen) atoms. The quantitative estimate of drug-likeness (QED) is 0.0355. The van der Waals surface area contributed by atoms with E-state index in [-0.39, 0.29) is 49.8 Å². The Hall–Kier alpha value is -5.31.